The first kappa shape index (κ1) is 19.6. The van der Waals surface area contributed by atoms with Crippen molar-refractivity contribution >= 4 is 16.6 Å². The molecule has 1 saturated carbocycles. The number of rotatable bonds is 4. The van der Waals surface area contributed by atoms with Gasteiger partial charge in [-0.25, -0.2) is 0 Å². The van der Waals surface area contributed by atoms with Crippen LogP contribution >= 0.6 is 0 Å². The zero-order chi connectivity index (χ0) is 17.9. The summed E-state index contributed by atoms with van der Waals surface area (Å²) >= 11 is 0. The molecule has 136 valence electrons. The Kier molecular flexibility index (Phi) is 4.81. The molecule has 4 nitrogen and oxygen atoms in total. The molecule has 6 heteroatoms. The van der Waals surface area contributed by atoms with Crippen LogP contribution in [0.4, 0.5) is 0 Å². The Morgan fingerprint density at radius 3 is 2.13 bits per heavy atom. The Labute approximate surface area is 145 Å². The quantitative estimate of drug-likeness (QED) is 0.665. The highest BCUT2D eigenvalue weighted by atomic mass is 28.4. The van der Waals surface area contributed by atoms with Crippen LogP contribution in [0, 0.1) is 5.41 Å². The van der Waals surface area contributed by atoms with Gasteiger partial charge in [0.2, 0.25) is 8.32 Å². The van der Waals surface area contributed by atoms with Crippen LogP contribution in [-0.4, -0.2) is 40.1 Å². The van der Waals surface area contributed by atoms with Crippen molar-refractivity contribution < 1.29 is 13.8 Å². The molecule has 0 aromatic carbocycles. The number of hydrogen-bond donors (Lipinski definition) is 0. The molecule has 0 amide bonds. The lowest BCUT2D eigenvalue weighted by atomic mass is 9.76. The Balaban J connectivity index is 2.28. The van der Waals surface area contributed by atoms with Crippen molar-refractivity contribution in [2.75, 3.05) is 6.61 Å². The largest absolute Gasteiger partial charge is 0.412 e. The van der Waals surface area contributed by atoms with E-state index in [0.29, 0.717) is 0 Å². The van der Waals surface area contributed by atoms with Crippen molar-refractivity contribution in [1.29, 1.82) is 0 Å². The van der Waals surface area contributed by atoms with Gasteiger partial charge in [-0.15, -0.1) is 0 Å². The summed E-state index contributed by atoms with van der Waals surface area (Å²) in [6.07, 6.45) is 2.40. The van der Waals surface area contributed by atoms with Crippen LogP contribution in [0.2, 0.25) is 37.8 Å². The van der Waals surface area contributed by atoms with Crippen molar-refractivity contribution in [3.05, 3.63) is 0 Å². The molecular formula is C17H37NO3Si2. The molecule has 2 rings (SSSR count). The summed E-state index contributed by atoms with van der Waals surface area (Å²) in [7, 11) is -3.55. The summed E-state index contributed by atoms with van der Waals surface area (Å²) in [5.41, 5.74) is -0.109. The second kappa shape index (κ2) is 5.64. The van der Waals surface area contributed by atoms with Crippen molar-refractivity contribution in [3.63, 3.8) is 0 Å². The minimum atomic E-state index is -1.82. The van der Waals surface area contributed by atoms with Gasteiger partial charge in [-0.05, 0) is 57.5 Å². The topological polar surface area (TPSA) is 30.9 Å². The molecule has 1 aliphatic heterocycles. The van der Waals surface area contributed by atoms with Crippen LogP contribution in [0.15, 0.2) is 0 Å². The van der Waals surface area contributed by atoms with Gasteiger partial charge < -0.3 is 8.95 Å². The van der Waals surface area contributed by atoms with E-state index in [0.717, 1.165) is 19.4 Å². The minimum Gasteiger partial charge on any atom is -0.412 e. The zero-order valence-electron chi connectivity index (χ0n) is 16.9. The van der Waals surface area contributed by atoms with Gasteiger partial charge in [-0.3, -0.25) is 4.84 Å². The van der Waals surface area contributed by atoms with Crippen molar-refractivity contribution in [1.82, 2.24) is 5.23 Å². The molecule has 1 aliphatic carbocycles. The lowest BCUT2D eigenvalue weighted by molar-refractivity contribution is -0.344. The molecule has 0 N–H and O–H groups in total. The lowest BCUT2D eigenvalue weighted by Gasteiger charge is -2.47. The highest BCUT2D eigenvalue weighted by Gasteiger charge is 2.66. The molecule has 3 atom stereocenters. The Morgan fingerprint density at radius 1 is 1.09 bits per heavy atom. The van der Waals surface area contributed by atoms with Crippen molar-refractivity contribution in [2.45, 2.75) is 96.9 Å². The molecule has 0 spiro atoms. The predicted octanol–water partition coefficient (Wildman–Crippen LogP) is 4.95. The average molecular weight is 360 g/mol. The van der Waals surface area contributed by atoms with E-state index in [1.54, 1.807) is 0 Å². The van der Waals surface area contributed by atoms with Gasteiger partial charge in [0.25, 0.3) is 0 Å². The van der Waals surface area contributed by atoms with Gasteiger partial charge in [-0.2, -0.15) is 0 Å². The minimum absolute atomic E-state index is 0.0969. The van der Waals surface area contributed by atoms with Crippen LogP contribution in [0.1, 0.15) is 47.5 Å². The summed E-state index contributed by atoms with van der Waals surface area (Å²) in [5, 5.41) is 2.05. The molecule has 0 radical (unpaired) electrons. The highest BCUT2D eigenvalue weighted by molar-refractivity contribution is 6.74. The normalized spacial score (nSPS) is 36.5. The molecule has 1 heterocycles. The number of hydroxylamine groups is 2. The van der Waals surface area contributed by atoms with E-state index in [1.165, 1.54) is 0 Å². The van der Waals surface area contributed by atoms with Gasteiger partial charge in [0.05, 0.1) is 12.7 Å². The third-order valence-corrected chi connectivity index (χ3v) is 11.5. The van der Waals surface area contributed by atoms with Crippen molar-refractivity contribution in [2.24, 2.45) is 5.41 Å². The fraction of sp³-hybridized carbons (Fsp3) is 1.00. The summed E-state index contributed by atoms with van der Waals surface area (Å²) in [5.74, 6) is 0. The van der Waals surface area contributed by atoms with Gasteiger partial charge in [-0.1, -0.05) is 32.9 Å². The molecule has 0 aromatic rings. The average Bonchev–Trinajstić information content (AvgIpc) is 2.70. The summed E-state index contributed by atoms with van der Waals surface area (Å²) in [6, 6.07) is 0. The zero-order valence-corrected chi connectivity index (χ0v) is 18.9. The number of nitrogens with zero attached hydrogens (tertiary/aromatic N) is 1. The maximum Gasteiger partial charge on any atom is 0.215 e. The second-order valence-electron chi connectivity index (χ2n) is 10.3. The second-order valence-corrected chi connectivity index (χ2v) is 19.5. The first-order valence-electron chi connectivity index (χ1n) is 8.93. The number of fused-ring (bicyclic) bond motifs is 1. The monoisotopic (exact) mass is 359 g/mol. The predicted molar refractivity (Wildman–Crippen MR) is 100 cm³/mol. The van der Waals surface area contributed by atoms with E-state index >= 15 is 0 Å². The maximum atomic E-state index is 6.84. The fourth-order valence-corrected chi connectivity index (χ4v) is 5.49. The standard InChI is InChI=1S/C17H37NO3Si2/c1-15(2,3)23(9,10)20-14-11-12-16(4)13-19-18(17(14,16)5)21-22(6,7)8/h14H,11-13H2,1-10H3/t14-,16+,17+/m0/s1. The van der Waals surface area contributed by atoms with E-state index in [9.17, 15) is 0 Å². The SMILES string of the molecule is CC(C)(C)[Si](C)(C)O[C@H]1CC[C@]2(C)CON(O[Si](C)(C)C)[C@]12C. The lowest BCUT2D eigenvalue weighted by Crippen LogP contribution is -2.59. The van der Waals surface area contributed by atoms with Crippen LogP contribution in [0.25, 0.3) is 0 Å². The molecule has 23 heavy (non-hydrogen) atoms. The molecule has 0 bridgehead atoms. The van der Waals surface area contributed by atoms with Crippen LogP contribution in [-0.2, 0) is 13.8 Å². The Morgan fingerprint density at radius 2 is 1.65 bits per heavy atom. The Hall–Kier alpha value is 0.274. The van der Waals surface area contributed by atoms with E-state index < -0.39 is 16.6 Å². The highest BCUT2D eigenvalue weighted by Crippen LogP contribution is 2.57. The van der Waals surface area contributed by atoms with E-state index in [1.807, 2.05) is 5.23 Å². The summed E-state index contributed by atoms with van der Waals surface area (Å²) in [6.45, 7) is 23.5. The molecule has 2 fully saturated rings. The van der Waals surface area contributed by atoms with Gasteiger partial charge in [0, 0.05) is 5.41 Å². The van der Waals surface area contributed by atoms with Gasteiger partial charge in [0.15, 0.2) is 8.32 Å². The third kappa shape index (κ3) is 3.35. The maximum absolute atomic E-state index is 6.84. The van der Waals surface area contributed by atoms with Crippen LogP contribution in [0.3, 0.4) is 0 Å². The molecule has 2 aliphatic rings. The Bertz CT molecular complexity index is 458. The fourth-order valence-electron chi connectivity index (χ4n) is 3.34. The van der Waals surface area contributed by atoms with E-state index in [4.69, 9.17) is 13.8 Å². The summed E-state index contributed by atoms with van der Waals surface area (Å²) < 4.78 is 13.1. The molecule has 0 aromatic heterocycles. The smallest absolute Gasteiger partial charge is 0.215 e. The van der Waals surface area contributed by atoms with Crippen LogP contribution < -0.4 is 0 Å². The molecule has 0 unspecified atom stereocenters. The summed E-state index contributed by atoms with van der Waals surface area (Å²) in [4.78, 5) is 6.01. The van der Waals surface area contributed by atoms with Crippen LogP contribution in [0.5, 0.6) is 0 Å². The van der Waals surface area contributed by atoms with E-state index in [2.05, 4.69) is 67.4 Å². The molecule has 1 saturated heterocycles. The molecular weight excluding hydrogens is 322 g/mol. The first-order chi connectivity index (χ1) is 10.1. The first-order valence-corrected chi connectivity index (χ1v) is 15.2. The van der Waals surface area contributed by atoms with Gasteiger partial charge >= 0.3 is 0 Å². The van der Waals surface area contributed by atoms with E-state index in [-0.39, 0.29) is 22.1 Å². The van der Waals surface area contributed by atoms with Crippen molar-refractivity contribution in [3.8, 4) is 0 Å². The third-order valence-electron chi connectivity index (χ3n) is 6.29. The van der Waals surface area contributed by atoms with Gasteiger partial charge in [0.1, 0.15) is 5.54 Å². The number of hydrogen-bond acceptors (Lipinski definition) is 4.